The molecule has 1 aromatic carbocycles. The van der Waals surface area contributed by atoms with Crippen LogP contribution in [-0.2, 0) is 4.79 Å². The van der Waals surface area contributed by atoms with E-state index in [9.17, 15) is 25.0 Å². The molecule has 144 valence electrons. The molecule has 0 aliphatic rings. The average molecular weight is 383 g/mol. The van der Waals surface area contributed by atoms with E-state index >= 15 is 0 Å². The summed E-state index contributed by atoms with van der Waals surface area (Å²) in [5, 5.41) is 22.0. The third-order valence-corrected chi connectivity index (χ3v) is 3.99. The maximum Gasteiger partial charge on any atom is 0.319 e. The fourth-order valence-corrected chi connectivity index (χ4v) is 2.75. The zero-order valence-electron chi connectivity index (χ0n) is 15.3. The Morgan fingerprint density at radius 1 is 1.36 bits per heavy atom. The highest BCUT2D eigenvalue weighted by Crippen LogP contribution is 2.32. The van der Waals surface area contributed by atoms with Crippen LogP contribution >= 0.6 is 0 Å². The summed E-state index contributed by atoms with van der Waals surface area (Å²) in [6.07, 6.45) is 1.33. The van der Waals surface area contributed by atoms with Gasteiger partial charge in [-0.3, -0.25) is 20.2 Å². The van der Waals surface area contributed by atoms with Crippen molar-refractivity contribution in [3.63, 3.8) is 0 Å². The van der Waals surface area contributed by atoms with Gasteiger partial charge in [-0.25, -0.2) is 4.79 Å². The first-order valence-electron chi connectivity index (χ1n) is 7.94. The number of primary amides is 1. The molecule has 10 heteroatoms. The van der Waals surface area contributed by atoms with E-state index in [0.717, 1.165) is 5.69 Å². The molecule has 2 aromatic rings. The number of rotatable bonds is 5. The molecular formula is C18H17N5O5. The van der Waals surface area contributed by atoms with Gasteiger partial charge in [0.1, 0.15) is 17.4 Å². The number of carbonyl (C=O) groups is 2. The Morgan fingerprint density at radius 2 is 2.04 bits per heavy atom. The first-order valence-corrected chi connectivity index (χ1v) is 7.94. The van der Waals surface area contributed by atoms with E-state index < -0.39 is 16.9 Å². The van der Waals surface area contributed by atoms with Crippen LogP contribution in [0.3, 0.4) is 0 Å². The number of ether oxygens (including phenoxy) is 1. The van der Waals surface area contributed by atoms with Gasteiger partial charge in [0.05, 0.1) is 23.8 Å². The van der Waals surface area contributed by atoms with Gasteiger partial charge < -0.3 is 15.0 Å². The monoisotopic (exact) mass is 383 g/mol. The summed E-state index contributed by atoms with van der Waals surface area (Å²) < 4.78 is 7.06. The van der Waals surface area contributed by atoms with E-state index in [1.807, 2.05) is 5.32 Å². The Labute approximate surface area is 160 Å². The number of hydrogen-bond acceptors (Lipinski definition) is 6. The lowest BCUT2D eigenvalue weighted by atomic mass is 10.1. The molecule has 0 radical (unpaired) electrons. The van der Waals surface area contributed by atoms with Crippen molar-refractivity contribution in [1.29, 1.82) is 5.26 Å². The van der Waals surface area contributed by atoms with Crippen LogP contribution < -0.4 is 15.8 Å². The maximum absolute atomic E-state index is 11.9. The van der Waals surface area contributed by atoms with Gasteiger partial charge in [0, 0.05) is 17.5 Å². The minimum absolute atomic E-state index is 0.113. The normalized spacial score (nSPS) is 10.9. The van der Waals surface area contributed by atoms with Crippen molar-refractivity contribution in [2.45, 2.75) is 13.8 Å². The molecule has 0 aliphatic heterocycles. The topological polar surface area (TPSA) is 153 Å². The number of urea groups is 1. The van der Waals surface area contributed by atoms with Crippen molar-refractivity contribution in [3.8, 4) is 17.5 Å². The van der Waals surface area contributed by atoms with Gasteiger partial charge in [0.2, 0.25) is 0 Å². The Kier molecular flexibility index (Phi) is 5.80. The summed E-state index contributed by atoms with van der Waals surface area (Å²) in [4.78, 5) is 33.2. The number of nitrogens with one attached hydrogen (secondary N) is 1. The van der Waals surface area contributed by atoms with Crippen molar-refractivity contribution in [3.05, 3.63) is 56.9 Å². The van der Waals surface area contributed by atoms with Crippen LogP contribution in [0.15, 0.2) is 29.8 Å². The van der Waals surface area contributed by atoms with Crippen molar-refractivity contribution in [1.82, 2.24) is 9.88 Å². The van der Waals surface area contributed by atoms with Crippen molar-refractivity contribution in [2.24, 2.45) is 5.73 Å². The Morgan fingerprint density at radius 3 is 2.57 bits per heavy atom. The highest BCUT2D eigenvalue weighted by atomic mass is 16.6. The predicted molar refractivity (Wildman–Crippen MR) is 99.8 cm³/mol. The fraction of sp³-hybridized carbons (Fsp3) is 0.167. The number of benzene rings is 1. The molecule has 3 N–H and O–H groups in total. The Bertz CT molecular complexity index is 1050. The van der Waals surface area contributed by atoms with Crippen molar-refractivity contribution >= 4 is 23.7 Å². The van der Waals surface area contributed by atoms with E-state index in [-0.39, 0.29) is 11.3 Å². The van der Waals surface area contributed by atoms with Crippen LogP contribution in [0, 0.1) is 35.3 Å². The van der Waals surface area contributed by atoms with Gasteiger partial charge >= 0.3 is 6.03 Å². The zero-order chi connectivity index (χ0) is 21.0. The minimum atomic E-state index is -1.06. The number of nitro benzene ring substituents is 1. The summed E-state index contributed by atoms with van der Waals surface area (Å²) in [5.41, 5.74) is 7.00. The van der Waals surface area contributed by atoms with Gasteiger partial charge in [-0.15, -0.1) is 0 Å². The molecule has 0 bridgehead atoms. The molecule has 10 nitrogen and oxygen atoms in total. The van der Waals surface area contributed by atoms with Crippen molar-refractivity contribution < 1.29 is 19.2 Å². The van der Waals surface area contributed by atoms with Gasteiger partial charge in [0.25, 0.3) is 11.6 Å². The molecule has 2 rings (SSSR count). The second kappa shape index (κ2) is 8.05. The number of non-ortho nitro benzene ring substituents is 1. The smallest absolute Gasteiger partial charge is 0.319 e. The lowest BCUT2D eigenvalue weighted by Crippen LogP contribution is -2.35. The SMILES string of the molecule is COc1cc([N+](=O)[O-])ccc1-n1c(C)cc(/C=C(/C#N)C(=O)NC(N)=O)c1C. The number of nitro groups is 1. The number of nitrogens with two attached hydrogens (primary N) is 1. The number of methoxy groups -OCH3 is 1. The molecule has 1 heterocycles. The minimum Gasteiger partial charge on any atom is -0.494 e. The van der Waals surface area contributed by atoms with Crippen LogP contribution in [0.25, 0.3) is 11.8 Å². The highest BCUT2D eigenvalue weighted by molar-refractivity contribution is 6.08. The lowest BCUT2D eigenvalue weighted by molar-refractivity contribution is -0.384. The second-order valence-corrected chi connectivity index (χ2v) is 5.76. The van der Waals surface area contributed by atoms with Gasteiger partial charge in [0.15, 0.2) is 0 Å². The third kappa shape index (κ3) is 3.99. The van der Waals surface area contributed by atoms with E-state index in [0.29, 0.717) is 22.7 Å². The number of aryl methyl sites for hydroxylation is 1. The second-order valence-electron chi connectivity index (χ2n) is 5.76. The van der Waals surface area contributed by atoms with E-state index in [1.165, 1.54) is 25.3 Å². The van der Waals surface area contributed by atoms with Gasteiger partial charge in [-0.1, -0.05) is 0 Å². The largest absolute Gasteiger partial charge is 0.494 e. The number of nitrogens with zero attached hydrogens (tertiary/aromatic N) is 3. The van der Waals surface area contributed by atoms with E-state index in [1.54, 1.807) is 36.6 Å². The van der Waals surface area contributed by atoms with Crippen LogP contribution in [0.5, 0.6) is 5.75 Å². The standard InChI is InChI=1S/C18H17N5O5/c1-10-6-12(7-13(9-19)17(24)21-18(20)25)11(2)22(10)15-5-4-14(23(26)27)8-16(15)28-3/h4-8H,1-3H3,(H3,20,21,24,25)/b13-7-. The molecule has 0 fully saturated rings. The Hall–Kier alpha value is -4.13. The van der Waals surface area contributed by atoms with Gasteiger partial charge in [-0.05, 0) is 37.6 Å². The van der Waals surface area contributed by atoms with E-state index in [4.69, 9.17) is 10.5 Å². The van der Waals surface area contributed by atoms with E-state index in [2.05, 4.69) is 0 Å². The average Bonchev–Trinajstić information content (AvgIpc) is 2.91. The lowest BCUT2D eigenvalue weighted by Gasteiger charge is -2.13. The van der Waals surface area contributed by atoms with Gasteiger partial charge in [-0.2, -0.15) is 5.26 Å². The molecule has 0 atom stereocenters. The molecule has 0 saturated carbocycles. The quantitative estimate of drug-likeness (QED) is 0.349. The number of imide groups is 1. The number of aromatic nitrogens is 1. The first-order chi connectivity index (χ1) is 13.2. The number of hydrogen-bond donors (Lipinski definition) is 2. The molecule has 0 unspecified atom stereocenters. The fourth-order valence-electron chi connectivity index (χ4n) is 2.75. The van der Waals surface area contributed by atoms with Crippen LogP contribution in [0.2, 0.25) is 0 Å². The van der Waals surface area contributed by atoms with Crippen LogP contribution in [0.1, 0.15) is 17.0 Å². The number of carbonyl (C=O) groups excluding carboxylic acids is 2. The summed E-state index contributed by atoms with van der Waals surface area (Å²) in [5.74, 6) is -0.619. The molecule has 1 aromatic heterocycles. The van der Waals surface area contributed by atoms with Crippen LogP contribution in [-0.4, -0.2) is 28.5 Å². The molecule has 0 spiro atoms. The summed E-state index contributed by atoms with van der Waals surface area (Å²) in [6.45, 7) is 3.54. The predicted octanol–water partition coefficient (Wildman–Crippen LogP) is 2.11. The number of nitriles is 1. The van der Waals surface area contributed by atoms with Crippen molar-refractivity contribution in [2.75, 3.05) is 7.11 Å². The molecule has 3 amide bonds. The summed E-state index contributed by atoms with van der Waals surface area (Å²) in [7, 11) is 1.40. The molecule has 0 saturated heterocycles. The zero-order valence-corrected chi connectivity index (χ0v) is 15.3. The first kappa shape index (κ1) is 20.2. The molecular weight excluding hydrogens is 366 g/mol. The maximum atomic E-state index is 11.9. The summed E-state index contributed by atoms with van der Waals surface area (Å²) in [6, 6.07) is 6.61. The Balaban J connectivity index is 2.57. The van der Waals surface area contributed by atoms with Crippen LogP contribution in [0.4, 0.5) is 10.5 Å². The third-order valence-electron chi connectivity index (χ3n) is 3.99. The highest BCUT2D eigenvalue weighted by Gasteiger charge is 2.18. The number of amides is 3. The summed E-state index contributed by atoms with van der Waals surface area (Å²) >= 11 is 0. The molecule has 28 heavy (non-hydrogen) atoms. The molecule has 0 aliphatic carbocycles.